The van der Waals surface area contributed by atoms with Gasteiger partial charge in [-0.05, 0) is 55.8 Å². The minimum atomic E-state index is 0.322. The molecule has 0 bridgehead atoms. The molecule has 1 N–H and O–H groups in total. The van der Waals surface area contributed by atoms with Crippen molar-refractivity contribution in [1.82, 2.24) is 14.8 Å². The van der Waals surface area contributed by atoms with Gasteiger partial charge in [0, 0.05) is 31.9 Å². The van der Waals surface area contributed by atoms with Crippen molar-refractivity contribution in [3.63, 3.8) is 0 Å². The molecule has 1 unspecified atom stereocenters. The van der Waals surface area contributed by atoms with E-state index in [-0.39, 0.29) is 0 Å². The normalized spacial score (nSPS) is 18.3. The Balaban J connectivity index is 1.71. The third-order valence-electron chi connectivity index (χ3n) is 4.83. The van der Waals surface area contributed by atoms with E-state index in [1.165, 1.54) is 24.9 Å². The maximum absolute atomic E-state index is 9.49. The van der Waals surface area contributed by atoms with Crippen LogP contribution in [-0.4, -0.2) is 45.6 Å². The van der Waals surface area contributed by atoms with Crippen molar-refractivity contribution in [3.05, 3.63) is 59.9 Å². The van der Waals surface area contributed by atoms with E-state index in [4.69, 9.17) is 0 Å². The van der Waals surface area contributed by atoms with Crippen LogP contribution in [0.15, 0.2) is 48.7 Å². The van der Waals surface area contributed by atoms with Crippen LogP contribution in [0.5, 0.6) is 5.75 Å². The molecule has 0 radical (unpaired) electrons. The van der Waals surface area contributed by atoms with Crippen molar-refractivity contribution in [3.8, 4) is 5.75 Å². The molecule has 0 saturated carbocycles. The van der Waals surface area contributed by atoms with Crippen LogP contribution in [0, 0.1) is 0 Å². The number of hydrogen-bond acceptors (Lipinski definition) is 4. The summed E-state index contributed by atoms with van der Waals surface area (Å²) in [5.41, 5.74) is 2.34. The first-order chi connectivity index (χ1) is 11.7. The molecule has 0 spiro atoms. The fourth-order valence-corrected chi connectivity index (χ4v) is 3.58. The van der Waals surface area contributed by atoms with Crippen LogP contribution < -0.4 is 0 Å². The van der Waals surface area contributed by atoms with Crippen molar-refractivity contribution in [2.45, 2.75) is 38.9 Å². The lowest BCUT2D eigenvalue weighted by atomic mass is 10.1. The molecule has 1 saturated heterocycles. The molecule has 2 aromatic rings. The summed E-state index contributed by atoms with van der Waals surface area (Å²) in [7, 11) is 0. The highest BCUT2D eigenvalue weighted by Crippen LogP contribution is 2.20. The highest BCUT2D eigenvalue weighted by molar-refractivity contribution is 5.25. The molecule has 24 heavy (non-hydrogen) atoms. The zero-order valence-electron chi connectivity index (χ0n) is 14.4. The Morgan fingerprint density at radius 1 is 1.17 bits per heavy atom. The minimum Gasteiger partial charge on any atom is -0.508 e. The molecule has 0 aliphatic carbocycles. The van der Waals surface area contributed by atoms with Crippen LogP contribution in [0.1, 0.15) is 31.0 Å². The number of aromatic hydroxyl groups is 1. The second-order valence-corrected chi connectivity index (χ2v) is 6.58. The summed E-state index contributed by atoms with van der Waals surface area (Å²) in [6, 6.07) is 14.3. The Hall–Kier alpha value is -1.91. The third kappa shape index (κ3) is 4.56. The van der Waals surface area contributed by atoms with E-state index in [1.807, 2.05) is 24.4 Å². The largest absolute Gasteiger partial charge is 0.508 e. The van der Waals surface area contributed by atoms with Gasteiger partial charge in [-0.15, -0.1) is 0 Å². The van der Waals surface area contributed by atoms with Gasteiger partial charge in [0.15, 0.2) is 0 Å². The first-order valence-corrected chi connectivity index (χ1v) is 8.89. The molecule has 128 valence electrons. The van der Waals surface area contributed by atoms with Gasteiger partial charge < -0.3 is 5.11 Å². The zero-order valence-corrected chi connectivity index (χ0v) is 14.4. The quantitative estimate of drug-likeness (QED) is 0.848. The molecule has 2 heterocycles. The highest BCUT2D eigenvalue weighted by Gasteiger charge is 2.25. The van der Waals surface area contributed by atoms with Crippen molar-refractivity contribution in [1.29, 1.82) is 0 Å². The van der Waals surface area contributed by atoms with Gasteiger partial charge in [0.1, 0.15) is 5.75 Å². The van der Waals surface area contributed by atoms with Crippen LogP contribution in [0.4, 0.5) is 0 Å². The summed E-state index contributed by atoms with van der Waals surface area (Å²) in [6.07, 6.45) is 4.44. The van der Waals surface area contributed by atoms with Gasteiger partial charge >= 0.3 is 0 Å². The molecular formula is C20H27N3O. The summed E-state index contributed by atoms with van der Waals surface area (Å²) < 4.78 is 0. The average molecular weight is 325 g/mol. The molecule has 1 aliphatic heterocycles. The van der Waals surface area contributed by atoms with E-state index in [2.05, 4.69) is 33.8 Å². The summed E-state index contributed by atoms with van der Waals surface area (Å²) in [6.45, 7) is 7.40. The second kappa shape index (κ2) is 8.27. The Bertz CT molecular complexity index is 615. The van der Waals surface area contributed by atoms with Crippen molar-refractivity contribution in [2.75, 3.05) is 19.6 Å². The number of hydrogen-bond donors (Lipinski definition) is 1. The number of pyridine rings is 1. The standard InChI is InChI=1S/C20H27N3O/c1-2-23-13-5-7-19(23)16-22(15-18-6-3-4-12-21-18)14-17-8-10-20(24)11-9-17/h3-4,6,8-12,19,24H,2,5,7,13-16H2,1H3. The molecule has 1 aromatic heterocycles. The number of aromatic nitrogens is 1. The lowest BCUT2D eigenvalue weighted by Crippen LogP contribution is -2.39. The van der Waals surface area contributed by atoms with E-state index in [1.54, 1.807) is 12.1 Å². The number of benzene rings is 1. The first-order valence-electron chi connectivity index (χ1n) is 8.89. The van der Waals surface area contributed by atoms with Gasteiger partial charge in [-0.1, -0.05) is 25.1 Å². The monoisotopic (exact) mass is 325 g/mol. The van der Waals surface area contributed by atoms with Gasteiger partial charge in [-0.3, -0.25) is 14.8 Å². The van der Waals surface area contributed by atoms with Crippen LogP contribution in [0.2, 0.25) is 0 Å². The third-order valence-corrected chi connectivity index (χ3v) is 4.83. The zero-order chi connectivity index (χ0) is 16.8. The predicted octanol–water partition coefficient (Wildman–Crippen LogP) is 3.27. The van der Waals surface area contributed by atoms with E-state index >= 15 is 0 Å². The first kappa shape index (κ1) is 16.9. The van der Waals surface area contributed by atoms with Crippen LogP contribution in [0.3, 0.4) is 0 Å². The Morgan fingerprint density at radius 3 is 2.71 bits per heavy atom. The molecule has 3 rings (SSSR count). The Kier molecular flexibility index (Phi) is 5.83. The van der Waals surface area contributed by atoms with E-state index in [0.717, 1.165) is 31.9 Å². The van der Waals surface area contributed by atoms with Gasteiger partial charge in [0.2, 0.25) is 0 Å². The molecule has 1 atom stereocenters. The van der Waals surface area contributed by atoms with Crippen LogP contribution in [0.25, 0.3) is 0 Å². The lowest BCUT2D eigenvalue weighted by Gasteiger charge is -2.30. The Morgan fingerprint density at radius 2 is 2.00 bits per heavy atom. The summed E-state index contributed by atoms with van der Waals surface area (Å²) in [5.74, 6) is 0.322. The topological polar surface area (TPSA) is 39.6 Å². The lowest BCUT2D eigenvalue weighted by molar-refractivity contribution is 0.164. The summed E-state index contributed by atoms with van der Waals surface area (Å²) in [5, 5.41) is 9.49. The van der Waals surface area contributed by atoms with E-state index < -0.39 is 0 Å². The fourth-order valence-electron chi connectivity index (χ4n) is 3.58. The number of phenols is 1. The van der Waals surface area contributed by atoms with Gasteiger partial charge in [0.25, 0.3) is 0 Å². The van der Waals surface area contributed by atoms with E-state index in [0.29, 0.717) is 11.8 Å². The van der Waals surface area contributed by atoms with Crippen LogP contribution in [-0.2, 0) is 13.1 Å². The van der Waals surface area contributed by atoms with Crippen molar-refractivity contribution < 1.29 is 5.11 Å². The molecule has 1 aromatic carbocycles. The maximum atomic E-state index is 9.49. The maximum Gasteiger partial charge on any atom is 0.115 e. The van der Waals surface area contributed by atoms with Crippen LogP contribution >= 0.6 is 0 Å². The highest BCUT2D eigenvalue weighted by atomic mass is 16.3. The van der Waals surface area contributed by atoms with Gasteiger partial charge in [0.05, 0.1) is 5.69 Å². The molecule has 4 heteroatoms. The summed E-state index contributed by atoms with van der Waals surface area (Å²) >= 11 is 0. The number of rotatable bonds is 7. The Labute approximate surface area is 144 Å². The molecular weight excluding hydrogens is 298 g/mol. The summed E-state index contributed by atoms with van der Waals surface area (Å²) in [4.78, 5) is 9.56. The minimum absolute atomic E-state index is 0.322. The average Bonchev–Trinajstić information content (AvgIpc) is 3.05. The van der Waals surface area contributed by atoms with E-state index in [9.17, 15) is 5.11 Å². The number of nitrogens with zero attached hydrogens (tertiary/aromatic N) is 3. The van der Waals surface area contributed by atoms with Crippen molar-refractivity contribution in [2.24, 2.45) is 0 Å². The fraction of sp³-hybridized carbons (Fsp3) is 0.450. The molecule has 0 amide bonds. The molecule has 1 fully saturated rings. The smallest absolute Gasteiger partial charge is 0.115 e. The number of phenolic OH excluding ortho intramolecular Hbond substituents is 1. The van der Waals surface area contributed by atoms with Gasteiger partial charge in [-0.2, -0.15) is 0 Å². The van der Waals surface area contributed by atoms with Crippen molar-refractivity contribution >= 4 is 0 Å². The van der Waals surface area contributed by atoms with Gasteiger partial charge in [-0.25, -0.2) is 0 Å². The SMILES string of the molecule is CCN1CCCC1CN(Cc1ccc(O)cc1)Cc1ccccn1. The molecule has 4 nitrogen and oxygen atoms in total. The number of likely N-dealkylation sites (N-methyl/N-ethyl adjacent to an activating group) is 1. The second-order valence-electron chi connectivity index (χ2n) is 6.58. The predicted molar refractivity (Wildman–Crippen MR) is 96.7 cm³/mol. The molecule has 1 aliphatic rings. The number of likely N-dealkylation sites (tertiary alicyclic amines) is 1.